The summed E-state index contributed by atoms with van der Waals surface area (Å²) in [6.45, 7) is 2.42. The molecule has 1 fully saturated rings. The summed E-state index contributed by atoms with van der Waals surface area (Å²) >= 11 is 0. The lowest BCUT2D eigenvalue weighted by Gasteiger charge is -2.35. The molecule has 0 unspecified atom stereocenters. The Labute approximate surface area is 155 Å². The van der Waals surface area contributed by atoms with Gasteiger partial charge in [0.2, 0.25) is 0 Å². The molecule has 0 bridgehead atoms. The molecule has 8 heteroatoms. The minimum atomic E-state index is -4.53. The van der Waals surface area contributed by atoms with Crippen LogP contribution in [0.4, 0.5) is 29.3 Å². The molecule has 1 heterocycles. The predicted molar refractivity (Wildman–Crippen MR) is 97.2 cm³/mol. The van der Waals surface area contributed by atoms with Gasteiger partial charge in [-0.25, -0.2) is 4.79 Å². The van der Waals surface area contributed by atoms with Crippen LogP contribution in [0, 0.1) is 0 Å². The number of nitrogens with zero attached hydrogens (tertiary/aromatic N) is 2. The fourth-order valence-corrected chi connectivity index (χ4v) is 2.90. The molecule has 0 aromatic heterocycles. The number of likely N-dealkylation sites (N-methyl/N-ethyl adjacent to an activating group) is 1. The Balaban J connectivity index is 1.78. The second-order valence-corrected chi connectivity index (χ2v) is 6.35. The Hall–Kier alpha value is -2.74. The van der Waals surface area contributed by atoms with Gasteiger partial charge in [-0.15, -0.1) is 0 Å². The summed E-state index contributed by atoms with van der Waals surface area (Å²) in [6.07, 6.45) is -5.37. The van der Waals surface area contributed by atoms with Gasteiger partial charge in [0.25, 0.3) is 0 Å². The number of para-hydroxylation sites is 1. The Bertz CT molecular complexity index is 789. The average molecular weight is 379 g/mol. The molecule has 5 nitrogen and oxygen atoms in total. The first kappa shape index (κ1) is 19.0. The van der Waals surface area contributed by atoms with Crippen molar-refractivity contribution in [2.45, 2.75) is 6.18 Å². The van der Waals surface area contributed by atoms with Gasteiger partial charge in [0.05, 0.1) is 5.56 Å². The number of hydrogen-bond donors (Lipinski definition) is 1. The zero-order chi connectivity index (χ0) is 19.4. The highest BCUT2D eigenvalue weighted by molar-refractivity contribution is 5.87. The Morgan fingerprint density at radius 3 is 2.33 bits per heavy atom. The number of anilines is 2. The third-order valence-corrected chi connectivity index (χ3v) is 4.35. The van der Waals surface area contributed by atoms with Crippen molar-refractivity contribution in [2.24, 2.45) is 0 Å². The second-order valence-electron chi connectivity index (χ2n) is 6.35. The molecule has 1 aliphatic heterocycles. The van der Waals surface area contributed by atoms with E-state index < -0.39 is 17.8 Å². The maximum absolute atomic E-state index is 13.6. The molecule has 1 saturated heterocycles. The maximum atomic E-state index is 13.6. The number of carbonyl (C=O) groups excluding carboxylic acids is 1. The van der Waals surface area contributed by atoms with E-state index >= 15 is 0 Å². The molecule has 3 rings (SSSR count). The van der Waals surface area contributed by atoms with Gasteiger partial charge < -0.3 is 14.5 Å². The SMILES string of the molecule is CN1CCN(c2ccc(NC(=O)Oc3ccccc3)cc2C(F)(F)F)CC1. The van der Waals surface area contributed by atoms with Gasteiger partial charge >= 0.3 is 12.3 Å². The zero-order valence-corrected chi connectivity index (χ0v) is 14.8. The van der Waals surface area contributed by atoms with Crippen LogP contribution in [-0.2, 0) is 6.18 Å². The van der Waals surface area contributed by atoms with E-state index in [1.807, 2.05) is 7.05 Å². The molecular formula is C19H20F3N3O2. The number of hydrogen-bond acceptors (Lipinski definition) is 4. The van der Waals surface area contributed by atoms with E-state index in [0.717, 1.165) is 6.07 Å². The van der Waals surface area contributed by atoms with Crippen LogP contribution in [-0.4, -0.2) is 44.2 Å². The van der Waals surface area contributed by atoms with Gasteiger partial charge in [0.1, 0.15) is 5.75 Å². The van der Waals surface area contributed by atoms with Crippen LogP contribution < -0.4 is 15.0 Å². The van der Waals surface area contributed by atoms with Gasteiger partial charge in [0, 0.05) is 37.6 Å². The first-order valence-corrected chi connectivity index (χ1v) is 8.51. The molecular weight excluding hydrogens is 359 g/mol. The number of ether oxygens (including phenoxy) is 1. The average Bonchev–Trinajstić information content (AvgIpc) is 2.62. The van der Waals surface area contributed by atoms with Crippen molar-refractivity contribution in [1.82, 2.24) is 4.90 Å². The third kappa shape index (κ3) is 4.91. The smallest absolute Gasteiger partial charge is 0.410 e. The first-order valence-electron chi connectivity index (χ1n) is 8.51. The van der Waals surface area contributed by atoms with Crippen LogP contribution in [0.2, 0.25) is 0 Å². The lowest BCUT2D eigenvalue weighted by atomic mass is 10.1. The van der Waals surface area contributed by atoms with Crippen LogP contribution in [0.1, 0.15) is 5.56 Å². The van der Waals surface area contributed by atoms with Gasteiger partial charge in [0.15, 0.2) is 0 Å². The summed E-state index contributed by atoms with van der Waals surface area (Å²) in [4.78, 5) is 15.7. The molecule has 0 aliphatic carbocycles. The van der Waals surface area contributed by atoms with E-state index in [1.54, 1.807) is 35.2 Å². The summed E-state index contributed by atoms with van der Waals surface area (Å²) in [6, 6.07) is 12.1. The minimum Gasteiger partial charge on any atom is -0.410 e. The molecule has 1 N–H and O–H groups in total. The van der Waals surface area contributed by atoms with Crippen molar-refractivity contribution in [3.05, 3.63) is 54.1 Å². The van der Waals surface area contributed by atoms with Gasteiger partial charge in [-0.05, 0) is 37.4 Å². The number of benzene rings is 2. The summed E-state index contributed by atoms with van der Waals surface area (Å²) in [5.74, 6) is 0.306. The van der Waals surface area contributed by atoms with Gasteiger partial charge in [-0.3, -0.25) is 5.32 Å². The van der Waals surface area contributed by atoms with Crippen molar-refractivity contribution in [3.63, 3.8) is 0 Å². The van der Waals surface area contributed by atoms with Crippen molar-refractivity contribution < 1.29 is 22.7 Å². The molecule has 1 amide bonds. The fraction of sp³-hybridized carbons (Fsp3) is 0.316. The lowest BCUT2D eigenvalue weighted by molar-refractivity contribution is -0.137. The van der Waals surface area contributed by atoms with Crippen LogP contribution >= 0.6 is 0 Å². The van der Waals surface area contributed by atoms with Crippen molar-refractivity contribution in [3.8, 4) is 5.75 Å². The van der Waals surface area contributed by atoms with Crippen molar-refractivity contribution in [2.75, 3.05) is 43.4 Å². The number of alkyl halides is 3. The number of halogens is 3. The highest BCUT2D eigenvalue weighted by Gasteiger charge is 2.36. The molecule has 27 heavy (non-hydrogen) atoms. The summed E-state index contributed by atoms with van der Waals surface area (Å²) in [5, 5.41) is 2.35. The monoisotopic (exact) mass is 379 g/mol. The fourth-order valence-electron chi connectivity index (χ4n) is 2.90. The molecule has 2 aromatic carbocycles. The summed E-state index contributed by atoms with van der Waals surface area (Å²) in [7, 11) is 1.94. The van der Waals surface area contributed by atoms with E-state index in [0.29, 0.717) is 31.9 Å². The topological polar surface area (TPSA) is 44.8 Å². The standard InChI is InChI=1S/C19H20F3N3O2/c1-24-9-11-25(12-10-24)17-8-7-14(13-16(17)19(20,21)22)23-18(26)27-15-5-3-2-4-6-15/h2-8,13H,9-12H2,1H3,(H,23,26). The maximum Gasteiger partial charge on any atom is 0.418 e. The Morgan fingerprint density at radius 2 is 1.70 bits per heavy atom. The normalized spacial score (nSPS) is 15.5. The number of nitrogens with one attached hydrogen (secondary N) is 1. The molecule has 2 aromatic rings. The van der Waals surface area contributed by atoms with Crippen LogP contribution in [0.15, 0.2) is 48.5 Å². The second kappa shape index (κ2) is 7.87. The highest BCUT2D eigenvalue weighted by atomic mass is 19.4. The number of carbonyl (C=O) groups is 1. The van der Waals surface area contributed by atoms with Crippen LogP contribution in [0.25, 0.3) is 0 Å². The largest absolute Gasteiger partial charge is 0.418 e. The van der Waals surface area contributed by atoms with E-state index in [1.165, 1.54) is 12.1 Å². The highest BCUT2D eigenvalue weighted by Crippen LogP contribution is 2.38. The van der Waals surface area contributed by atoms with Gasteiger partial charge in [-0.2, -0.15) is 13.2 Å². The van der Waals surface area contributed by atoms with Crippen molar-refractivity contribution in [1.29, 1.82) is 0 Å². The Morgan fingerprint density at radius 1 is 1.04 bits per heavy atom. The molecule has 0 atom stereocenters. The predicted octanol–water partition coefficient (Wildman–Crippen LogP) is 4.07. The molecule has 0 spiro atoms. The van der Waals surface area contributed by atoms with E-state index in [9.17, 15) is 18.0 Å². The molecule has 1 aliphatic rings. The summed E-state index contributed by atoms with van der Waals surface area (Å²) in [5.41, 5.74) is -0.622. The Kier molecular flexibility index (Phi) is 5.55. The van der Waals surface area contributed by atoms with Crippen molar-refractivity contribution >= 4 is 17.5 Å². The molecule has 144 valence electrons. The van der Waals surface area contributed by atoms with Crippen LogP contribution in [0.5, 0.6) is 5.75 Å². The first-order chi connectivity index (χ1) is 12.8. The number of piperazine rings is 1. The van der Waals surface area contributed by atoms with Gasteiger partial charge in [-0.1, -0.05) is 18.2 Å². The number of rotatable bonds is 3. The quantitative estimate of drug-likeness (QED) is 0.873. The molecule has 0 saturated carbocycles. The zero-order valence-electron chi connectivity index (χ0n) is 14.8. The number of amides is 1. The minimum absolute atomic E-state index is 0.0288. The van der Waals surface area contributed by atoms with Crippen LogP contribution in [0.3, 0.4) is 0 Å². The third-order valence-electron chi connectivity index (χ3n) is 4.35. The lowest BCUT2D eigenvalue weighted by Crippen LogP contribution is -2.45. The van der Waals surface area contributed by atoms with E-state index in [2.05, 4.69) is 10.2 Å². The summed E-state index contributed by atoms with van der Waals surface area (Å²) < 4.78 is 45.7. The van der Waals surface area contributed by atoms with E-state index in [4.69, 9.17) is 4.74 Å². The van der Waals surface area contributed by atoms with E-state index in [-0.39, 0.29) is 11.4 Å². The molecule has 0 radical (unpaired) electrons.